The van der Waals surface area contributed by atoms with Crippen LogP contribution in [0, 0.1) is 0 Å². The number of sulfonamides is 2. The third-order valence-electron chi connectivity index (χ3n) is 4.06. The highest BCUT2D eigenvalue weighted by Crippen LogP contribution is 2.25. The number of rotatable bonds is 6. The van der Waals surface area contributed by atoms with E-state index in [2.05, 4.69) is 19.4 Å². The zero-order valence-corrected chi connectivity index (χ0v) is 17.2. The molecule has 0 aliphatic carbocycles. The van der Waals surface area contributed by atoms with Gasteiger partial charge in [0, 0.05) is 38.6 Å². The van der Waals surface area contributed by atoms with Crippen LogP contribution >= 0.6 is 0 Å². The Morgan fingerprint density at radius 1 is 1.10 bits per heavy atom. The molecule has 0 saturated carbocycles. The van der Waals surface area contributed by atoms with Crippen molar-refractivity contribution in [3.8, 4) is 0 Å². The van der Waals surface area contributed by atoms with E-state index in [1.807, 2.05) is 0 Å². The average Bonchev–Trinajstić information content (AvgIpc) is 3.18. The lowest BCUT2D eigenvalue weighted by Gasteiger charge is -2.34. The molecule has 0 bridgehead atoms. The Hall–Kier alpha value is -2.71. The van der Waals surface area contributed by atoms with E-state index in [0.29, 0.717) is 5.82 Å². The number of methoxy groups -OCH3 is 1. The lowest BCUT2D eigenvalue weighted by molar-refractivity contribution is 0.0558. The molecule has 0 unspecified atom stereocenters. The summed E-state index contributed by atoms with van der Waals surface area (Å²) in [5, 5.41) is -0.356. The highest BCUT2D eigenvalue weighted by atomic mass is 32.2. The molecule has 3 heterocycles. The number of ether oxygens (including phenoxy) is 1. The lowest BCUT2D eigenvalue weighted by atomic mass is 10.3. The molecule has 1 saturated heterocycles. The summed E-state index contributed by atoms with van der Waals surface area (Å²) in [7, 11) is -6.33. The molecule has 158 valence electrons. The fourth-order valence-electron chi connectivity index (χ4n) is 2.75. The number of hydrogen-bond acceptors (Lipinski definition) is 10. The minimum atomic E-state index is -3.94. The van der Waals surface area contributed by atoms with Crippen molar-refractivity contribution in [3.63, 3.8) is 0 Å². The molecular weight excluding hydrogens is 426 g/mol. The zero-order valence-electron chi connectivity index (χ0n) is 15.6. The number of carbonyl (C=O) groups excluding carboxylic acids is 1. The molecule has 3 rings (SSSR count). The quantitative estimate of drug-likeness (QED) is 0.589. The molecule has 14 heteroatoms. The largest absolute Gasteiger partial charge is 0.463 e. The van der Waals surface area contributed by atoms with Crippen molar-refractivity contribution in [1.29, 1.82) is 0 Å². The summed E-state index contributed by atoms with van der Waals surface area (Å²) in [4.78, 5) is 21.4. The lowest BCUT2D eigenvalue weighted by Crippen LogP contribution is -2.49. The topological polar surface area (TPSA) is 152 Å². The van der Waals surface area contributed by atoms with E-state index in [9.17, 15) is 21.6 Å². The van der Waals surface area contributed by atoms with E-state index in [1.165, 1.54) is 28.8 Å². The van der Waals surface area contributed by atoms with Crippen molar-refractivity contribution in [2.75, 3.05) is 49.2 Å². The Balaban J connectivity index is 1.74. The maximum atomic E-state index is 12.8. The van der Waals surface area contributed by atoms with E-state index < -0.39 is 26.0 Å². The van der Waals surface area contributed by atoms with Gasteiger partial charge in [-0.2, -0.15) is 4.31 Å². The van der Waals surface area contributed by atoms with Crippen LogP contribution in [0.1, 0.15) is 10.6 Å². The molecule has 0 aromatic carbocycles. The van der Waals surface area contributed by atoms with Crippen molar-refractivity contribution in [2.45, 2.75) is 5.09 Å². The van der Waals surface area contributed by atoms with Crippen molar-refractivity contribution >= 4 is 37.7 Å². The first-order chi connectivity index (χ1) is 13.6. The van der Waals surface area contributed by atoms with Crippen molar-refractivity contribution in [2.24, 2.45) is 0 Å². The minimum Gasteiger partial charge on any atom is -0.463 e. The molecule has 29 heavy (non-hydrogen) atoms. The minimum absolute atomic E-state index is 0.0695. The third kappa shape index (κ3) is 4.65. The molecule has 0 atom stereocenters. The van der Waals surface area contributed by atoms with Gasteiger partial charge >= 0.3 is 5.97 Å². The number of carbonyl (C=O) groups is 1. The van der Waals surface area contributed by atoms with Crippen LogP contribution in [0.5, 0.6) is 0 Å². The summed E-state index contributed by atoms with van der Waals surface area (Å²) in [6.07, 6.45) is 3.78. The number of furan rings is 1. The Bertz CT molecular complexity index is 1110. The predicted molar refractivity (Wildman–Crippen MR) is 102 cm³/mol. The average molecular weight is 445 g/mol. The van der Waals surface area contributed by atoms with E-state index in [0.717, 1.165) is 13.4 Å². The van der Waals surface area contributed by atoms with Crippen LogP contribution in [0.3, 0.4) is 0 Å². The van der Waals surface area contributed by atoms with Gasteiger partial charge in [0.2, 0.25) is 20.9 Å². The van der Waals surface area contributed by atoms with E-state index >= 15 is 0 Å². The Morgan fingerprint density at radius 2 is 1.76 bits per heavy atom. The summed E-state index contributed by atoms with van der Waals surface area (Å²) < 4.78 is 61.7. The molecule has 0 amide bonds. The van der Waals surface area contributed by atoms with Crippen LogP contribution in [0.2, 0.25) is 0 Å². The number of piperazine rings is 1. The van der Waals surface area contributed by atoms with Gasteiger partial charge in [-0.3, -0.25) is 4.72 Å². The monoisotopic (exact) mass is 445 g/mol. The zero-order chi connectivity index (χ0) is 21.2. The van der Waals surface area contributed by atoms with Crippen LogP contribution in [0.4, 0.5) is 11.6 Å². The number of esters is 1. The number of nitrogens with zero attached hydrogens (tertiary/aromatic N) is 4. The van der Waals surface area contributed by atoms with Crippen LogP contribution < -0.4 is 9.62 Å². The SMILES string of the molecule is COC(=O)c1ccc(S(=O)(=O)N2CCN(c3nccnc3NS(C)(=O)=O)CC2)o1. The number of nitrogens with one attached hydrogen (secondary N) is 1. The van der Waals surface area contributed by atoms with E-state index in [-0.39, 0.29) is 42.8 Å². The molecule has 2 aromatic heterocycles. The predicted octanol–water partition coefficient (Wildman–Crippen LogP) is -0.261. The Labute approximate surface area is 167 Å². The van der Waals surface area contributed by atoms with Crippen LogP contribution in [0.25, 0.3) is 0 Å². The van der Waals surface area contributed by atoms with Crippen LogP contribution in [-0.2, 0) is 24.8 Å². The van der Waals surface area contributed by atoms with Crippen molar-refractivity contribution in [3.05, 3.63) is 30.3 Å². The first-order valence-electron chi connectivity index (χ1n) is 8.34. The van der Waals surface area contributed by atoms with Crippen molar-refractivity contribution < 1.29 is 30.8 Å². The van der Waals surface area contributed by atoms with Gasteiger partial charge in [0.05, 0.1) is 13.4 Å². The molecule has 2 aromatic rings. The third-order valence-corrected chi connectivity index (χ3v) is 6.40. The first-order valence-corrected chi connectivity index (χ1v) is 11.7. The van der Waals surface area contributed by atoms with E-state index in [1.54, 1.807) is 4.90 Å². The second-order valence-electron chi connectivity index (χ2n) is 6.10. The van der Waals surface area contributed by atoms with Gasteiger partial charge in [0.25, 0.3) is 10.0 Å². The summed E-state index contributed by atoms with van der Waals surface area (Å²) in [6, 6.07) is 2.43. The molecule has 0 radical (unpaired) electrons. The van der Waals surface area contributed by atoms with Gasteiger partial charge < -0.3 is 14.1 Å². The van der Waals surface area contributed by atoms with E-state index in [4.69, 9.17) is 4.42 Å². The number of anilines is 2. The summed E-state index contributed by atoms with van der Waals surface area (Å²) >= 11 is 0. The maximum absolute atomic E-state index is 12.8. The fourth-order valence-corrected chi connectivity index (χ4v) is 4.58. The highest BCUT2D eigenvalue weighted by molar-refractivity contribution is 7.92. The second kappa shape index (κ2) is 7.96. The second-order valence-corrected chi connectivity index (χ2v) is 9.72. The standard InChI is InChI=1S/C15H19N5O7S2/c1-26-15(21)11-3-4-12(27-11)29(24,25)20-9-7-19(8-10-20)14-13(16-5-6-17-14)18-28(2,22)23/h3-6H,7-10H2,1-2H3,(H,16,18). The van der Waals surface area contributed by atoms with Gasteiger partial charge in [-0.05, 0) is 12.1 Å². The molecule has 1 N–H and O–H groups in total. The molecular formula is C15H19N5O7S2. The van der Waals surface area contributed by atoms with Gasteiger partial charge in [-0.1, -0.05) is 0 Å². The Morgan fingerprint density at radius 3 is 2.38 bits per heavy atom. The summed E-state index contributed by atoms with van der Waals surface area (Å²) in [6.45, 7) is 0.707. The maximum Gasteiger partial charge on any atom is 0.374 e. The summed E-state index contributed by atoms with van der Waals surface area (Å²) in [5.74, 6) is -0.605. The fraction of sp³-hybridized carbons (Fsp3) is 0.400. The molecule has 1 fully saturated rings. The molecule has 1 aliphatic rings. The summed E-state index contributed by atoms with van der Waals surface area (Å²) in [5.41, 5.74) is 0. The van der Waals surface area contributed by atoms with Gasteiger partial charge in [0.1, 0.15) is 0 Å². The van der Waals surface area contributed by atoms with Crippen LogP contribution in [-0.4, -0.2) is 76.6 Å². The van der Waals surface area contributed by atoms with Crippen LogP contribution in [0.15, 0.2) is 34.0 Å². The van der Waals surface area contributed by atoms with Crippen molar-refractivity contribution in [1.82, 2.24) is 14.3 Å². The van der Waals surface area contributed by atoms with Gasteiger partial charge in [0.15, 0.2) is 11.6 Å². The normalized spacial score (nSPS) is 15.9. The Kier molecular flexibility index (Phi) is 5.77. The first kappa shape index (κ1) is 21.0. The molecule has 0 spiro atoms. The number of hydrogen-bond donors (Lipinski definition) is 1. The molecule has 12 nitrogen and oxygen atoms in total. The smallest absolute Gasteiger partial charge is 0.374 e. The highest BCUT2D eigenvalue weighted by Gasteiger charge is 2.32. The number of aromatic nitrogens is 2. The molecule has 1 aliphatic heterocycles. The van der Waals surface area contributed by atoms with Gasteiger partial charge in [-0.25, -0.2) is 31.6 Å². The van der Waals surface area contributed by atoms with Gasteiger partial charge in [-0.15, -0.1) is 0 Å².